The highest BCUT2D eigenvalue weighted by Gasteiger charge is 2.25. The van der Waals surface area contributed by atoms with Crippen LogP contribution in [0.25, 0.3) is 5.70 Å². The first-order valence-corrected chi connectivity index (χ1v) is 7.66. The van der Waals surface area contributed by atoms with Crippen LogP contribution in [0.5, 0.6) is 0 Å². The molecular weight excluding hydrogens is 291 g/mol. The zero-order chi connectivity index (χ0) is 16.2. The molecule has 2 N–H and O–H groups in total. The van der Waals surface area contributed by atoms with E-state index in [1.54, 1.807) is 36.4 Å². The minimum Gasteiger partial charge on any atom is -0.440 e. The van der Waals surface area contributed by atoms with Crippen LogP contribution in [0.15, 0.2) is 59.6 Å². The van der Waals surface area contributed by atoms with E-state index in [1.807, 2.05) is 6.07 Å². The van der Waals surface area contributed by atoms with Crippen LogP contribution in [0.2, 0.25) is 0 Å². The van der Waals surface area contributed by atoms with Crippen LogP contribution >= 0.6 is 0 Å². The van der Waals surface area contributed by atoms with E-state index in [1.165, 1.54) is 6.07 Å². The smallest absolute Gasteiger partial charge is 0.242 e. The zero-order valence-electron chi connectivity index (χ0n) is 12.8. The van der Waals surface area contributed by atoms with Gasteiger partial charge in [0, 0.05) is 12.8 Å². The van der Waals surface area contributed by atoms with Crippen molar-refractivity contribution in [3.8, 4) is 0 Å². The largest absolute Gasteiger partial charge is 0.440 e. The Bertz CT molecular complexity index is 773. The van der Waals surface area contributed by atoms with Gasteiger partial charge in [-0.1, -0.05) is 36.9 Å². The normalized spacial score (nSPS) is 18.1. The lowest BCUT2D eigenvalue weighted by atomic mass is 9.85. The van der Waals surface area contributed by atoms with Gasteiger partial charge in [0.2, 0.25) is 5.89 Å². The van der Waals surface area contributed by atoms with Crippen molar-refractivity contribution in [2.24, 2.45) is 5.73 Å². The van der Waals surface area contributed by atoms with Crippen LogP contribution < -0.4 is 5.73 Å². The molecule has 0 bridgehead atoms. The summed E-state index contributed by atoms with van der Waals surface area (Å²) in [6, 6.07) is 6.79. The number of benzene rings is 1. The van der Waals surface area contributed by atoms with Crippen molar-refractivity contribution in [1.82, 2.24) is 4.98 Å². The van der Waals surface area contributed by atoms with Crippen molar-refractivity contribution in [3.63, 3.8) is 0 Å². The molecule has 0 saturated carbocycles. The van der Waals surface area contributed by atoms with Gasteiger partial charge in [0.25, 0.3) is 0 Å². The molecule has 1 aromatic heterocycles. The van der Waals surface area contributed by atoms with Crippen LogP contribution in [0.4, 0.5) is 4.39 Å². The third kappa shape index (κ3) is 3.42. The number of aryl methyl sites for hydroxylation is 1. The fraction of sp³-hybridized carbons (Fsp3) is 0.211. The molecule has 118 valence electrons. The number of hydrogen-bond donors (Lipinski definition) is 1. The number of halogens is 1. The summed E-state index contributed by atoms with van der Waals surface area (Å²) in [7, 11) is 0. The molecule has 1 aliphatic rings. The zero-order valence-corrected chi connectivity index (χ0v) is 12.8. The lowest BCUT2D eigenvalue weighted by Crippen LogP contribution is -2.12. The number of aromatic nitrogens is 1. The molecule has 0 fully saturated rings. The molecule has 1 aliphatic carbocycles. The monoisotopic (exact) mass is 310 g/mol. The van der Waals surface area contributed by atoms with E-state index in [0.29, 0.717) is 11.6 Å². The van der Waals surface area contributed by atoms with Gasteiger partial charge < -0.3 is 10.2 Å². The van der Waals surface area contributed by atoms with Gasteiger partial charge in [-0.15, -0.1) is 0 Å². The molecule has 1 unspecified atom stereocenters. The van der Waals surface area contributed by atoms with Crippen molar-refractivity contribution < 1.29 is 8.81 Å². The lowest BCUT2D eigenvalue weighted by molar-refractivity contribution is 0.449. The summed E-state index contributed by atoms with van der Waals surface area (Å²) in [4.78, 5) is 4.51. The summed E-state index contributed by atoms with van der Waals surface area (Å²) in [5.41, 5.74) is 8.40. The van der Waals surface area contributed by atoms with Gasteiger partial charge in [0.05, 0.1) is 11.4 Å². The third-order valence-electron chi connectivity index (χ3n) is 4.03. The van der Waals surface area contributed by atoms with Gasteiger partial charge >= 0.3 is 0 Å². The number of rotatable bonds is 4. The molecule has 1 heterocycles. The van der Waals surface area contributed by atoms with E-state index >= 15 is 0 Å². The molecule has 2 aromatic rings. The van der Waals surface area contributed by atoms with Crippen LogP contribution in [0.3, 0.4) is 0 Å². The summed E-state index contributed by atoms with van der Waals surface area (Å²) in [6.07, 6.45) is 9.45. The maximum Gasteiger partial charge on any atom is 0.242 e. The first-order chi connectivity index (χ1) is 11.2. The number of oxazole rings is 1. The number of nitrogens with two attached hydrogens (primary N) is 1. The van der Waals surface area contributed by atoms with E-state index in [-0.39, 0.29) is 11.7 Å². The first kappa shape index (κ1) is 15.3. The molecule has 3 nitrogen and oxygen atoms in total. The third-order valence-corrected chi connectivity index (χ3v) is 4.03. The van der Waals surface area contributed by atoms with E-state index in [4.69, 9.17) is 10.2 Å². The minimum absolute atomic E-state index is 0.199. The second-order valence-electron chi connectivity index (χ2n) is 5.63. The second-order valence-corrected chi connectivity index (χ2v) is 5.63. The Morgan fingerprint density at radius 3 is 3.04 bits per heavy atom. The molecule has 0 saturated heterocycles. The minimum atomic E-state index is -0.199. The van der Waals surface area contributed by atoms with Gasteiger partial charge in [0.15, 0.2) is 0 Å². The second kappa shape index (κ2) is 6.65. The molecule has 0 spiro atoms. The molecule has 23 heavy (non-hydrogen) atoms. The molecule has 1 aromatic carbocycles. The van der Waals surface area contributed by atoms with Gasteiger partial charge in [-0.3, -0.25) is 0 Å². The van der Waals surface area contributed by atoms with Crippen LogP contribution in [0, 0.1) is 5.82 Å². The molecule has 0 radical (unpaired) electrons. The molecular formula is C19H19FN2O. The predicted molar refractivity (Wildman–Crippen MR) is 89.2 cm³/mol. The van der Waals surface area contributed by atoms with E-state index in [9.17, 15) is 4.39 Å². The highest BCUT2D eigenvalue weighted by Crippen LogP contribution is 2.33. The number of allylic oxidation sites excluding steroid dienone is 4. The summed E-state index contributed by atoms with van der Waals surface area (Å²) < 4.78 is 19.2. The Kier molecular flexibility index (Phi) is 4.42. The lowest BCUT2D eigenvalue weighted by Gasteiger charge is -2.20. The first-order valence-electron chi connectivity index (χ1n) is 7.66. The number of hydrogen-bond acceptors (Lipinski definition) is 3. The van der Waals surface area contributed by atoms with E-state index in [2.05, 4.69) is 11.6 Å². The maximum atomic E-state index is 13.4. The van der Waals surface area contributed by atoms with Gasteiger partial charge in [-0.25, -0.2) is 9.37 Å². The Balaban J connectivity index is 1.80. The number of nitrogens with zero attached hydrogens (tertiary/aromatic N) is 1. The summed E-state index contributed by atoms with van der Waals surface area (Å²) in [5, 5.41) is 0. The Labute approximate surface area is 135 Å². The molecule has 1 atom stereocenters. The highest BCUT2D eigenvalue weighted by molar-refractivity contribution is 5.57. The molecule has 3 rings (SSSR count). The van der Waals surface area contributed by atoms with Gasteiger partial charge in [-0.2, -0.15) is 0 Å². The van der Waals surface area contributed by atoms with Gasteiger partial charge in [-0.05, 0) is 36.1 Å². The van der Waals surface area contributed by atoms with Crippen molar-refractivity contribution >= 4 is 5.70 Å². The standard InChI is InChI=1S/C19H19FN2O/c1-2-3-4-8-16(21)19-22-17-12-14(9-10-18(17)23-19)13-6-5-7-15(20)11-13/h2-8,11,14H,1,9-10,12,21H2/b4-3-,16-8-. The van der Waals surface area contributed by atoms with Crippen LogP contribution in [-0.2, 0) is 12.8 Å². The van der Waals surface area contributed by atoms with Crippen molar-refractivity contribution in [2.75, 3.05) is 0 Å². The van der Waals surface area contributed by atoms with Crippen molar-refractivity contribution in [3.05, 3.63) is 83.9 Å². The Hall–Kier alpha value is -2.62. The SMILES string of the molecule is C=C/C=C\C=C(/N)c1nc2c(o1)CCC(c1cccc(F)c1)C2. The molecule has 0 aliphatic heterocycles. The van der Waals surface area contributed by atoms with Gasteiger partial charge in [0.1, 0.15) is 11.6 Å². The maximum absolute atomic E-state index is 13.4. The highest BCUT2D eigenvalue weighted by atomic mass is 19.1. The fourth-order valence-corrected chi connectivity index (χ4v) is 2.86. The average molecular weight is 310 g/mol. The quantitative estimate of drug-likeness (QED) is 0.864. The Morgan fingerprint density at radius 2 is 2.26 bits per heavy atom. The topological polar surface area (TPSA) is 52.0 Å². The van der Waals surface area contributed by atoms with E-state index < -0.39 is 0 Å². The van der Waals surface area contributed by atoms with Crippen molar-refractivity contribution in [2.45, 2.75) is 25.2 Å². The average Bonchev–Trinajstić information content (AvgIpc) is 2.98. The molecule has 4 heteroatoms. The van der Waals surface area contributed by atoms with E-state index in [0.717, 1.165) is 36.3 Å². The van der Waals surface area contributed by atoms with Crippen molar-refractivity contribution in [1.29, 1.82) is 0 Å². The van der Waals surface area contributed by atoms with Crippen LogP contribution in [0.1, 0.15) is 35.2 Å². The predicted octanol–water partition coefficient (Wildman–Crippen LogP) is 4.13. The fourth-order valence-electron chi connectivity index (χ4n) is 2.86. The summed E-state index contributed by atoms with van der Waals surface area (Å²) in [5.74, 6) is 1.40. The van der Waals surface area contributed by atoms with Crippen LogP contribution in [-0.4, -0.2) is 4.98 Å². The molecule has 0 amide bonds. The number of fused-ring (bicyclic) bond motifs is 1. The Morgan fingerprint density at radius 1 is 1.39 bits per heavy atom. The summed E-state index contributed by atoms with van der Waals surface area (Å²) >= 11 is 0. The summed E-state index contributed by atoms with van der Waals surface area (Å²) in [6.45, 7) is 3.60.